The number of pyridine rings is 2. The second kappa shape index (κ2) is 31.3. The highest BCUT2D eigenvalue weighted by Crippen LogP contribution is 2.31. The molecule has 0 bridgehead atoms. The van der Waals surface area contributed by atoms with Gasteiger partial charge in [0.25, 0.3) is 0 Å². The van der Waals surface area contributed by atoms with Crippen molar-refractivity contribution in [3.63, 3.8) is 0 Å². The Bertz CT molecular complexity index is 2150. The molecule has 352 valence electrons. The molecular formula is C60H78N2O4. The zero-order chi connectivity index (χ0) is 46.3. The Morgan fingerprint density at radius 3 is 1.11 bits per heavy atom. The third-order valence-electron chi connectivity index (χ3n) is 12.0. The molecule has 0 radical (unpaired) electrons. The van der Waals surface area contributed by atoms with Crippen LogP contribution in [0.25, 0.3) is 46.1 Å². The Hall–Kier alpha value is -5.62. The van der Waals surface area contributed by atoms with Crippen LogP contribution in [0.2, 0.25) is 0 Å². The number of fused-ring (bicyclic) bond motifs is 2. The zero-order valence-electron chi connectivity index (χ0n) is 40.8. The fraction of sp³-hybridized carbons (Fsp3) is 0.433. The quantitative estimate of drug-likeness (QED) is 0.0420. The third kappa shape index (κ3) is 19.1. The maximum absolute atomic E-state index is 6.00. The van der Waals surface area contributed by atoms with Crippen LogP contribution in [0.1, 0.15) is 165 Å². The molecule has 0 saturated heterocycles. The fourth-order valence-electron chi connectivity index (χ4n) is 8.07. The number of hydrogen-bond donors (Lipinski definition) is 0. The van der Waals surface area contributed by atoms with Crippen molar-refractivity contribution in [2.24, 2.45) is 0 Å². The van der Waals surface area contributed by atoms with Gasteiger partial charge >= 0.3 is 0 Å². The first-order chi connectivity index (χ1) is 32.6. The van der Waals surface area contributed by atoms with Gasteiger partial charge in [0.1, 0.15) is 0 Å². The predicted molar refractivity (Wildman–Crippen MR) is 282 cm³/mol. The van der Waals surface area contributed by atoms with Crippen molar-refractivity contribution < 1.29 is 18.9 Å². The van der Waals surface area contributed by atoms with Gasteiger partial charge in [-0.3, -0.25) is 0 Å². The minimum absolute atomic E-state index is 0.739. The first-order valence-corrected chi connectivity index (χ1v) is 25.3. The Morgan fingerprint density at radius 2 is 0.727 bits per heavy atom. The van der Waals surface area contributed by atoms with Crippen LogP contribution in [0.4, 0.5) is 0 Å². The number of aromatic nitrogens is 2. The Balaban J connectivity index is 0.000000247. The van der Waals surface area contributed by atoms with Crippen molar-refractivity contribution in [2.75, 3.05) is 27.4 Å². The van der Waals surface area contributed by atoms with Gasteiger partial charge in [0.2, 0.25) is 0 Å². The Morgan fingerprint density at radius 1 is 0.364 bits per heavy atom. The molecule has 0 aliphatic rings. The summed E-state index contributed by atoms with van der Waals surface area (Å²) in [5, 5.41) is 2.31. The highest BCUT2D eigenvalue weighted by atomic mass is 16.5. The molecule has 0 N–H and O–H groups in total. The van der Waals surface area contributed by atoms with Gasteiger partial charge in [0, 0.05) is 10.8 Å². The molecule has 0 aliphatic heterocycles. The van der Waals surface area contributed by atoms with Gasteiger partial charge < -0.3 is 18.9 Å². The summed E-state index contributed by atoms with van der Waals surface area (Å²) in [4.78, 5) is 9.40. The van der Waals surface area contributed by atoms with Gasteiger partial charge in [-0.05, 0) is 84.7 Å². The molecule has 0 aliphatic carbocycles. The molecule has 6 heteroatoms. The van der Waals surface area contributed by atoms with Gasteiger partial charge in [-0.2, -0.15) is 0 Å². The highest BCUT2D eigenvalue weighted by molar-refractivity contribution is 5.82. The summed E-state index contributed by atoms with van der Waals surface area (Å²) < 4.78 is 23.2. The minimum atomic E-state index is 0.739. The lowest BCUT2D eigenvalue weighted by molar-refractivity contribution is 0.284. The van der Waals surface area contributed by atoms with Crippen LogP contribution in [-0.2, 0) is 0 Å². The van der Waals surface area contributed by atoms with Gasteiger partial charge in [0.05, 0.1) is 49.9 Å². The second-order valence-corrected chi connectivity index (χ2v) is 17.4. The van der Waals surface area contributed by atoms with Crippen LogP contribution in [0, 0.1) is 0 Å². The van der Waals surface area contributed by atoms with E-state index >= 15 is 0 Å². The average Bonchev–Trinajstić information content (AvgIpc) is 3.36. The fourth-order valence-corrected chi connectivity index (χ4v) is 8.07. The summed E-state index contributed by atoms with van der Waals surface area (Å²) in [5.41, 5.74) is 6.02. The van der Waals surface area contributed by atoms with E-state index in [0.29, 0.717) is 0 Å². The standard InChI is InChI=1S/2C30H39NO2/c2*1-3-4-5-6-7-8-9-10-11-14-23-33-29-22-18-25(24-30(29)32-2)17-20-27-21-19-26-15-12-13-16-28(26)31-27/h2*12-13,15-22,24H,3-11,14,23H2,1-2H3. The normalized spacial score (nSPS) is 11.3. The predicted octanol–water partition coefficient (Wildman–Crippen LogP) is 17.4. The molecule has 0 atom stereocenters. The molecule has 0 fully saturated rings. The molecule has 4 aromatic carbocycles. The average molecular weight is 891 g/mol. The van der Waals surface area contributed by atoms with Crippen LogP contribution in [-0.4, -0.2) is 37.4 Å². The largest absolute Gasteiger partial charge is 0.493 e. The van der Waals surface area contributed by atoms with Crippen LogP contribution < -0.4 is 18.9 Å². The molecule has 0 unspecified atom stereocenters. The van der Waals surface area contributed by atoms with Gasteiger partial charge in [-0.15, -0.1) is 0 Å². The lowest BCUT2D eigenvalue weighted by atomic mass is 10.1. The van der Waals surface area contributed by atoms with E-state index in [0.717, 1.165) is 93.4 Å². The molecule has 66 heavy (non-hydrogen) atoms. The van der Waals surface area contributed by atoms with E-state index < -0.39 is 0 Å². The molecule has 6 nitrogen and oxygen atoms in total. The van der Waals surface area contributed by atoms with Gasteiger partial charge in [-0.1, -0.05) is 202 Å². The monoisotopic (exact) mass is 891 g/mol. The Labute approximate surface area is 397 Å². The van der Waals surface area contributed by atoms with E-state index in [1.54, 1.807) is 14.2 Å². The molecule has 0 amide bonds. The van der Waals surface area contributed by atoms with E-state index in [1.165, 1.54) is 116 Å². The number of hydrogen-bond acceptors (Lipinski definition) is 6. The molecule has 2 aromatic heterocycles. The van der Waals surface area contributed by atoms with Crippen molar-refractivity contribution >= 4 is 46.1 Å². The first-order valence-electron chi connectivity index (χ1n) is 25.3. The van der Waals surface area contributed by atoms with Gasteiger partial charge in [-0.25, -0.2) is 9.97 Å². The highest BCUT2D eigenvalue weighted by Gasteiger charge is 2.07. The SMILES string of the molecule is CCCCCCCCCCCCOc1ccc(C=Cc2ccc3ccccc3n2)cc1OC.CCCCCCCCCCCCOc1ccc(C=Cc2ccc3ccccc3n2)cc1OC. The van der Waals surface area contributed by atoms with E-state index in [-0.39, 0.29) is 0 Å². The number of unbranched alkanes of at least 4 members (excludes halogenated alkanes) is 18. The van der Waals surface area contributed by atoms with E-state index in [2.05, 4.69) is 62.4 Å². The van der Waals surface area contributed by atoms with Crippen LogP contribution in [0.15, 0.2) is 109 Å². The van der Waals surface area contributed by atoms with E-state index in [4.69, 9.17) is 28.9 Å². The summed E-state index contributed by atoms with van der Waals surface area (Å²) in [6.45, 7) is 6.02. The lowest BCUT2D eigenvalue weighted by Crippen LogP contribution is -1.99. The molecular weight excluding hydrogens is 813 g/mol. The van der Waals surface area contributed by atoms with Crippen molar-refractivity contribution in [2.45, 2.75) is 142 Å². The van der Waals surface area contributed by atoms with Crippen LogP contribution in [0.3, 0.4) is 0 Å². The van der Waals surface area contributed by atoms with E-state index in [1.807, 2.05) is 84.9 Å². The number of para-hydroxylation sites is 2. The molecule has 0 saturated carbocycles. The maximum Gasteiger partial charge on any atom is 0.161 e. The zero-order valence-corrected chi connectivity index (χ0v) is 40.8. The number of benzene rings is 4. The van der Waals surface area contributed by atoms with Crippen molar-refractivity contribution in [1.29, 1.82) is 0 Å². The number of nitrogens with zero attached hydrogens (tertiary/aromatic N) is 2. The van der Waals surface area contributed by atoms with Crippen molar-refractivity contribution in [3.8, 4) is 23.0 Å². The topological polar surface area (TPSA) is 62.7 Å². The minimum Gasteiger partial charge on any atom is -0.493 e. The Kier molecular flexibility index (Phi) is 24.4. The molecule has 6 rings (SSSR count). The number of rotatable bonds is 30. The summed E-state index contributed by atoms with van der Waals surface area (Å²) in [5.74, 6) is 3.18. The van der Waals surface area contributed by atoms with Crippen LogP contribution in [0.5, 0.6) is 23.0 Å². The second-order valence-electron chi connectivity index (χ2n) is 17.4. The summed E-state index contributed by atoms with van der Waals surface area (Å²) in [6, 6.07) is 36.8. The number of methoxy groups -OCH3 is 2. The smallest absolute Gasteiger partial charge is 0.161 e. The molecule has 0 spiro atoms. The van der Waals surface area contributed by atoms with E-state index in [9.17, 15) is 0 Å². The summed E-state index contributed by atoms with van der Waals surface area (Å²) >= 11 is 0. The van der Waals surface area contributed by atoms with Gasteiger partial charge in [0.15, 0.2) is 23.0 Å². The summed E-state index contributed by atoms with van der Waals surface area (Å²) in [7, 11) is 3.39. The molecule has 6 aromatic rings. The van der Waals surface area contributed by atoms with Crippen molar-refractivity contribution in [3.05, 3.63) is 132 Å². The molecule has 2 heterocycles. The summed E-state index contributed by atoms with van der Waals surface area (Å²) in [6.07, 6.45) is 34.7. The first kappa shape index (κ1) is 51.4. The van der Waals surface area contributed by atoms with Crippen LogP contribution >= 0.6 is 0 Å². The lowest BCUT2D eigenvalue weighted by Gasteiger charge is -2.11. The van der Waals surface area contributed by atoms with Crippen molar-refractivity contribution in [1.82, 2.24) is 9.97 Å². The number of ether oxygens (including phenoxy) is 4. The maximum atomic E-state index is 6.00. The third-order valence-corrected chi connectivity index (χ3v) is 12.0.